The summed E-state index contributed by atoms with van der Waals surface area (Å²) in [5.41, 5.74) is 0.489. The number of nitrogens with one attached hydrogen (secondary N) is 2. The van der Waals surface area contributed by atoms with Gasteiger partial charge < -0.3 is 11.2 Å². The van der Waals surface area contributed by atoms with Crippen LogP contribution in [0.25, 0.3) is 22.8 Å². The van der Waals surface area contributed by atoms with Crippen molar-refractivity contribution in [3.8, 4) is 22.8 Å². The lowest BCUT2D eigenvalue weighted by Crippen LogP contribution is -2.19. The number of benzene rings is 2. The molecular formula is C20H14Cl2F3N7OS. The highest BCUT2D eigenvalue weighted by Gasteiger charge is 2.34. The van der Waals surface area contributed by atoms with Gasteiger partial charge >= 0.3 is 6.18 Å². The number of hydrogen-bond acceptors (Lipinski definition) is 6. The number of amides is 1. The Kier molecular flexibility index (Phi) is 6.73. The molecule has 176 valence electrons. The maximum atomic E-state index is 13.2. The van der Waals surface area contributed by atoms with E-state index in [2.05, 4.69) is 25.7 Å². The molecule has 14 heteroatoms. The van der Waals surface area contributed by atoms with Gasteiger partial charge in [-0.15, -0.1) is 10.2 Å². The molecule has 0 aliphatic rings. The second-order valence-corrected chi connectivity index (χ2v) is 8.69. The molecule has 8 nitrogen and oxygen atoms in total. The molecule has 1 amide bonds. The minimum absolute atomic E-state index is 0.0958. The number of aromatic amines is 1. The average molecular weight is 528 g/mol. The molecule has 0 unspecified atom stereocenters. The Morgan fingerprint density at radius 3 is 2.50 bits per heavy atom. The number of nitrogens with two attached hydrogens (primary N) is 1. The summed E-state index contributed by atoms with van der Waals surface area (Å²) in [5.74, 6) is 5.37. The van der Waals surface area contributed by atoms with Crippen LogP contribution in [0.4, 0.5) is 18.9 Å². The number of nitrogens with zero attached hydrogens (tertiary/aromatic N) is 4. The topological polar surface area (TPSA) is 115 Å². The first-order valence-corrected chi connectivity index (χ1v) is 11.2. The van der Waals surface area contributed by atoms with Crippen molar-refractivity contribution in [2.45, 2.75) is 11.3 Å². The van der Waals surface area contributed by atoms with Crippen LogP contribution in [-0.2, 0) is 11.0 Å². The van der Waals surface area contributed by atoms with Crippen LogP contribution in [0, 0.1) is 0 Å². The van der Waals surface area contributed by atoms with E-state index in [0.29, 0.717) is 16.4 Å². The summed E-state index contributed by atoms with van der Waals surface area (Å²) in [7, 11) is 0. The van der Waals surface area contributed by atoms with E-state index in [9.17, 15) is 18.0 Å². The highest BCUT2D eigenvalue weighted by Crippen LogP contribution is 2.36. The van der Waals surface area contributed by atoms with Gasteiger partial charge in [0.1, 0.15) is 5.69 Å². The molecule has 2 heterocycles. The Bertz CT molecular complexity index is 1340. The lowest BCUT2D eigenvalue weighted by Gasteiger charge is -2.14. The summed E-state index contributed by atoms with van der Waals surface area (Å²) in [6.45, 7) is 0. The number of carbonyl (C=O) groups excluding carboxylic acids is 1. The summed E-state index contributed by atoms with van der Waals surface area (Å²) in [5, 5.41) is 17.9. The van der Waals surface area contributed by atoms with E-state index in [4.69, 9.17) is 29.0 Å². The van der Waals surface area contributed by atoms with Crippen LogP contribution in [-0.4, -0.2) is 36.7 Å². The Labute approximate surface area is 204 Å². The van der Waals surface area contributed by atoms with E-state index in [-0.39, 0.29) is 21.8 Å². The van der Waals surface area contributed by atoms with Gasteiger partial charge in [-0.1, -0.05) is 47.1 Å². The summed E-state index contributed by atoms with van der Waals surface area (Å²) in [6.07, 6.45) is -4.68. The highest BCUT2D eigenvalue weighted by atomic mass is 35.5. The molecule has 4 aromatic rings. The Morgan fingerprint density at radius 2 is 1.79 bits per heavy atom. The number of H-pyrrole nitrogens is 1. The molecule has 0 atom stereocenters. The van der Waals surface area contributed by atoms with Gasteiger partial charge in [-0.05, 0) is 36.4 Å². The number of carbonyl (C=O) groups is 1. The van der Waals surface area contributed by atoms with Crippen LogP contribution < -0.4 is 11.2 Å². The smallest absolute Gasteiger partial charge is 0.335 e. The quantitative estimate of drug-likeness (QED) is 0.237. The molecule has 0 spiro atoms. The van der Waals surface area contributed by atoms with Gasteiger partial charge in [-0.3, -0.25) is 9.89 Å². The van der Waals surface area contributed by atoms with Crippen LogP contribution in [0.1, 0.15) is 5.56 Å². The van der Waals surface area contributed by atoms with Crippen molar-refractivity contribution >= 4 is 46.6 Å². The van der Waals surface area contributed by atoms with Gasteiger partial charge in [0.15, 0.2) is 0 Å². The minimum atomic E-state index is -4.68. The molecule has 34 heavy (non-hydrogen) atoms. The SMILES string of the molecule is Nn1c(SCC(=O)Nc2ccc(Cl)cc2C(F)(F)F)nnc1-c1cc(-c2ccc(Cl)cc2)n[nH]1. The summed E-state index contributed by atoms with van der Waals surface area (Å²) < 4.78 is 40.8. The van der Waals surface area contributed by atoms with Gasteiger partial charge in [0.2, 0.25) is 16.9 Å². The lowest BCUT2D eigenvalue weighted by molar-refractivity contribution is -0.137. The third-order valence-corrected chi connectivity index (χ3v) is 5.95. The van der Waals surface area contributed by atoms with Gasteiger partial charge in [0, 0.05) is 15.6 Å². The molecule has 0 saturated heterocycles. The second-order valence-electron chi connectivity index (χ2n) is 6.87. The molecule has 0 bridgehead atoms. The van der Waals surface area contributed by atoms with E-state index >= 15 is 0 Å². The van der Waals surface area contributed by atoms with E-state index in [1.54, 1.807) is 30.3 Å². The number of alkyl halides is 3. The van der Waals surface area contributed by atoms with Gasteiger partial charge in [0.25, 0.3) is 0 Å². The predicted octanol–water partition coefficient (Wildman–Crippen LogP) is 5.11. The summed E-state index contributed by atoms with van der Waals surface area (Å²) in [4.78, 5) is 12.3. The van der Waals surface area contributed by atoms with Gasteiger partial charge in [-0.25, -0.2) is 4.68 Å². The summed E-state index contributed by atoms with van der Waals surface area (Å²) in [6, 6.07) is 11.9. The molecule has 0 fully saturated rings. The molecule has 0 saturated carbocycles. The Hall–Kier alpha value is -3.22. The number of thioether (sulfide) groups is 1. The zero-order chi connectivity index (χ0) is 24.5. The van der Waals surface area contributed by atoms with Crippen molar-refractivity contribution in [1.82, 2.24) is 25.1 Å². The number of aromatic nitrogens is 5. The largest absolute Gasteiger partial charge is 0.418 e. The zero-order valence-corrected chi connectivity index (χ0v) is 19.2. The van der Waals surface area contributed by atoms with E-state index in [0.717, 1.165) is 34.1 Å². The van der Waals surface area contributed by atoms with Crippen LogP contribution in [0.3, 0.4) is 0 Å². The van der Waals surface area contributed by atoms with Gasteiger partial charge in [-0.2, -0.15) is 18.3 Å². The van der Waals surface area contributed by atoms with Crippen molar-refractivity contribution in [3.05, 3.63) is 64.1 Å². The monoisotopic (exact) mass is 527 g/mol. The number of nitrogen functional groups attached to an aromatic ring is 1. The normalized spacial score (nSPS) is 11.6. The second kappa shape index (κ2) is 9.57. The van der Waals surface area contributed by atoms with Crippen molar-refractivity contribution in [1.29, 1.82) is 0 Å². The molecular weight excluding hydrogens is 514 g/mol. The molecule has 2 aromatic heterocycles. The molecule has 0 aliphatic carbocycles. The molecule has 2 aromatic carbocycles. The van der Waals surface area contributed by atoms with Crippen LogP contribution in [0.2, 0.25) is 10.0 Å². The van der Waals surface area contributed by atoms with Crippen molar-refractivity contribution < 1.29 is 18.0 Å². The van der Waals surface area contributed by atoms with E-state index in [1.807, 2.05) is 0 Å². The van der Waals surface area contributed by atoms with Gasteiger partial charge in [0.05, 0.1) is 22.7 Å². The van der Waals surface area contributed by atoms with E-state index < -0.39 is 23.3 Å². The van der Waals surface area contributed by atoms with Crippen molar-refractivity contribution in [2.24, 2.45) is 0 Å². The Morgan fingerprint density at radius 1 is 1.09 bits per heavy atom. The first-order chi connectivity index (χ1) is 16.1. The average Bonchev–Trinajstić information content (AvgIpc) is 3.40. The molecule has 0 radical (unpaired) electrons. The fourth-order valence-electron chi connectivity index (χ4n) is 2.94. The van der Waals surface area contributed by atoms with Crippen molar-refractivity contribution in [3.63, 3.8) is 0 Å². The first kappa shape index (κ1) is 23.9. The number of hydrogen-bond donors (Lipinski definition) is 3. The zero-order valence-electron chi connectivity index (χ0n) is 16.9. The fourth-order valence-corrected chi connectivity index (χ4v) is 3.89. The highest BCUT2D eigenvalue weighted by molar-refractivity contribution is 7.99. The molecule has 0 aliphatic heterocycles. The molecule has 4 N–H and O–H groups in total. The number of anilines is 1. The molecule has 4 rings (SSSR count). The first-order valence-electron chi connectivity index (χ1n) is 9.43. The Balaban J connectivity index is 1.44. The van der Waals surface area contributed by atoms with Crippen molar-refractivity contribution in [2.75, 3.05) is 16.9 Å². The van der Waals surface area contributed by atoms with Crippen LogP contribution in [0.15, 0.2) is 53.7 Å². The predicted molar refractivity (Wildman–Crippen MR) is 124 cm³/mol. The maximum Gasteiger partial charge on any atom is 0.418 e. The standard InChI is InChI=1S/C20H14Cl2F3N7OS/c21-11-3-1-10(2-4-11)15-8-16(29-28-15)18-30-31-19(32(18)26)34-9-17(33)27-14-6-5-12(22)7-13(14)20(23,24)25/h1-8H,9,26H2,(H,27,33)(H,28,29). The maximum absolute atomic E-state index is 13.2. The van der Waals surface area contributed by atoms with E-state index in [1.165, 1.54) is 6.07 Å². The van der Waals surface area contributed by atoms with Crippen LogP contribution in [0.5, 0.6) is 0 Å². The minimum Gasteiger partial charge on any atom is -0.335 e. The lowest BCUT2D eigenvalue weighted by atomic mass is 10.1. The number of rotatable bonds is 6. The number of halogens is 5. The van der Waals surface area contributed by atoms with Crippen LogP contribution >= 0.6 is 35.0 Å². The summed E-state index contributed by atoms with van der Waals surface area (Å²) >= 11 is 12.5. The third-order valence-electron chi connectivity index (χ3n) is 4.52. The third kappa shape index (κ3) is 5.29. The fraction of sp³-hybridized carbons (Fsp3) is 0.100.